The van der Waals surface area contributed by atoms with Crippen molar-refractivity contribution in [3.05, 3.63) is 29.8 Å². The molecule has 1 unspecified atom stereocenters. The minimum atomic E-state index is -0.888. The van der Waals surface area contributed by atoms with Gasteiger partial charge in [-0.3, -0.25) is 10.1 Å². The van der Waals surface area contributed by atoms with Gasteiger partial charge in [-0.1, -0.05) is 19.1 Å². The zero-order chi connectivity index (χ0) is 14.3. The maximum absolute atomic E-state index is 11.5. The highest BCUT2D eigenvalue weighted by molar-refractivity contribution is 5.95. The Labute approximate surface area is 112 Å². The third kappa shape index (κ3) is 5.39. The molecule has 0 aliphatic heterocycles. The molecule has 1 rings (SSSR count). The van der Waals surface area contributed by atoms with Crippen LogP contribution in [-0.4, -0.2) is 24.6 Å². The molecule has 0 aliphatic carbocycles. The minimum absolute atomic E-state index is 0.565. The van der Waals surface area contributed by atoms with Gasteiger partial charge in [0, 0.05) is 6.54 Å². The predicted octanol–water partition coefficient (Wildman–Crippen LogP) is 0.758. The summed E-state index contributed by atoms with van der Waals surface area (Å²) in [6, 6.07) is 6.52. The number of imide groups is 1. The Kier molecular flexibility index (Phi) is 5.81. The molecule has 1 aromatic rings. The van der Waals surface area contributed by atoms with Gasteiger partial charge in [0.15, 0.2) is 6.10 Å². The Bertz CT molecular complexity index is 449. The van der Waals surface area contributed by atoms with Crippen LogP contribution in [0.1, 0.15) is 19.4 Å². The van der Waals surface area contributed by atoms with E-state index in [-0.39, 0.29) is 0 Å². The van der Waals surface area contributed by atoms with E-state index < -0.39 is 18.0 Å². The van der Waals surface area contributed by atoms with Gasteiger partial charge < -0.3 is 15.8 Å². The van der Waals surface area contributed by atoms with Crippen molar-refractivity contribution in [2.45, 2.75) is 26.5 Å². The predicted molar refractivity (Wildman–Crippen MR) is 71.6 cm³/mol. The summed E-state index contributed by atoms with van der Waals surface area (Å²) in [6.45, 7) is 5.18. The minimum Gasteiger partial charge on any atom is -0.481 e. The lowest BCUT2D eigenvalue weighted by Gasteiger charge is -2.14. The summed E-state index contributed by atoms with van der Waals surface area (Å²) in [6.07, 6.45) is -0.790. The van der Waals surface area contributed by atoms with E-state index in [1.165, 1.54) is 0 Å². The summed E-state index contributed by atoms with van der Waals surface area (Å²) in [5.74, 6) is 0.00658. The van der Waals surface area contributed by atoms with Crippen molar-refractivity contribution in [1.29, 1.82) is 0 Å². The average Bonchev–Trinajstić information content (AvgIpc) is 2.36. The zero-order valence-electron chi connectivity index (χ0n) is 11.1. The maximum Gasteiger partial charge on any atom is 0.318 e. The highest BCUT2D eigenvalue weighted by atomic mass is 16.5. The lowest BCUT2D eigenvalue weighted by atomic mass is 10.2. The summed E-state index contributed by atoms with van der Waals surface area (Å²) < 4.78 is 5.45. The van der Waals surface area contributed by atoms with Gasteiger partial charge in [-0.15, -0.1) is 0 Å². The third-order valence-corrected chi connectivity index (χ3v) is 2.41. The molecular weight excluding hydrogens is 246 g/mol. The Morgan fingerprint density at radius 2 is 2.16 bits per heavy atom. The van der Waals surface area contributed by atoms with Crippen LogP contribution in [0, 0.1) is 0 Å². The molecule has 0 spiro atoms. The molecule has 3 amide bonds. The van der Waals surface area contributed by atoms with Crippen LogP contribution in [0.4, 0.5) is 4.79 Å². The number of hydrogen-bond acceptors (Lipinski definition) is 4. The topological polar surface area (TPSA) is 93.4 Å². The van der Waals surface area contributed by atoms with Gasteiger partial charge in [-0.25, -0.2) is 4.79 Å². The Morgan fingerprint density at radius 3 is 2.79 bits per heavy atom. The van der Waals surface area contributed by atoms with Crippen LogP contribution in [0.2, 0.25) is 0 Å². The number of primary amides is 1. The maximum atomic E-state index is 11.5. The van der Waals surface area contributed by atoms with Crippen molar-refractivity contribution in [3.63, 3.8) is 0 Å². The fourth-order valence-corrected chi connectivity index (χ4v) is 1.48. The van der Waals surface area contributed by atoms with Gasteiger partial charge in [0.25, 0.3) is 5.91 Å². The number of hydrogen-bond donors (Lipinski definition) is 3. The van der Waals surface area contributed by atoms with Gasteiger partial charge in [-0.2, -0.15) is 0 Å². The van der Waals surface area contributed by atoms with E-state index >= 15 is 0 Å². The van der Waals surface area contributed by atoms with E-state index in [0.717, 1.165) is 18.7 Å². The normalized spacial score (nSPS) is 11.7. The van der Waals surface area contributed by atoms with Crippen molar-refractivity contribution in [2.75, 3.05) is 6.54 Å². The van der Waals surface area contributed by atoms with E-state index in [1.54, 1.807) is 13.0 Å². The van der Waals surface area contributed by atoms with Gasteiger partial charge >= 0.3 is 6.03 Å². The van der Waals surface area contributed by atoms with Crippen LogP contribution in [0.3, 0.4) is 0 Å². The Balaban J connectivity index is 2.60. The number of amides is 3. The number of benzene rings is 1. The molecule has 0 bridgehead atoms. The fraction of sp³-hybridized carbons (Fsp3) is 0.385. The first-order valence-corrected chi connectivity index (χ1v) is 6.09. The van der Waals surface area contributed by atoms with Gasteiger partial charge in [0.2, 0.25) is 0 Å². The van der Waals surface area contributed by atoms with Crippen LogP contribution < -0.4 is 21.1 Å². The zero-order valence-corrected chi connectivity index (χ0v) is 11.1. The molecule has 6 heteroatoms. The molecule has 4 N–H and O–H groups in total. The quantitative estimate of drug-likeness (QED) is 0.708. The van der Waals surface area contributed by atoms with Gasteiger partial charge in [0.1, 0.15) is 5.75 Å². The molecule has 6 nitrogen and oxygen atoms in total. The second kappa shape index (κ2) is 7.38. The Hall–Kier alpha value is -2.08. The number of urea groups is 1. The largest absolute Gasteiger partial charge is 0.481 e. The summed E-state index contributed by atoms with van der Waals surface area (Å²) in [5, 5.41) is 5.17. The first-order valence-electron chi connectivity index (χ1n) is 6.09. The summed E-state index contributed by atoms with van der Waals surface area (Å²) >= 11 is 0. The number of nitrogens with two attached hydrogens (primary N) is 1. The van der Waals surface area contributed by atoms with Crippen molar-refractivity contribution in [3.8, 4) is 5.75 Å². The summed E-state index contributed by atoms with van der Waals surface area (Å²) in [7, 11) is 0. The molecule has 1 aromatic carbocycles. The number of rotatable bonds is 6. The summed E-state index contributed by atoms with van der Waals surface area (Å²) in [4.78, 5) is 22.0. The monoisotopic (exact) mass is 265 g/mol. The molecule has 104 valence electrons. The SMILES string of the molecule is CCNCc1cccc(OC(C)C(=O)NC(N)=O)c1. The average molecular weight is 265 g/mol. The highest BCUT2D eigenvalue weighted by Gasteiger charge is 2.16. The molecule has 0 aliphatic rings. The standard InChI is InChI=1S/C13H19N3O3/c1-3-15-8-10-5-4-6-11(7-10)19-9(2)12(17)16-13(14)18/h4-7,9,15H,3,8H2,1-2H3,(H3,14,16,17,18). The molecule has 0 saturated heterocycles. The molecule has 0 radical (unpaired) electrons. The lowest BCUT2D eigenvalue weighted by Crippen LogP contribution is -2.42. The third-order valence-electron chi connectivity index (χ3n) is 2.41. The molecule has 0 aromatic heterocycles. The number of carbonyl (C=O) groups excluding carboxylic acids is 2. The molecule has 0 saturated carbocycles. The second-order valence-electron chi connectivity index (χ2n) is 4.04. The van der Waals surface area contributed by atoms with E-state index in [9.17, 15) is 9.59 Å². The fourth-order valence-electron chi connectivity index (χ4n) is 1.48. The van der Waals surface area contributed by atoms with E-state index in [1.807, 2.05) is 30.4 Å². The van der Waals surface area contributed by atoms with Crippen LogP contribution in [0.5, 0.6) is 5.75 Å². The number of nitrogens with one attached hydrogen (secondary N) is 2. The highest BCUT2D eigenvalue weighted by Crippen LogP contribution is 2.15. The van der Waals surface area contributed by atoms with E-state index in [4.69, 9.17) is 10.5 Å². The van der Waals surface area contributed by atoms with Crippen molar-refractivity contribution in [2.24, 2.45) is 5.73 Å². The molecule has 0 fully saturated rings. The van der Waals surface area contributed by atoms with Crippen LogP contribution in [0.15, 0.2) is 24.3 Å². The smallest absolute Gasteiger partial charge is 0.318 e. The van der Waals surface area contributed by atoms with Crippen LogP contribution in [-0.2, 0) is 11.3 Å². The van der Waals surface area contributed by atoms with Crippen molar-refractivity contribution in [1.82, 2.24) is 10.6 Å². The summed E-state index contributed by atoms with van der Waals surface area (Å²) in [5.41, 5.74) is 5.93. The number of carbonyl (C=O) groups is 2. The molecule has 0 heterocycles. The van der Waals surface area contributed by atoms with E-state index in [0.29, 0.717) is 5.75 Å². The van der Waals surface area contributed by atoms with Gasteiger partial charge in [0.05, 0.1) is 0 Å². The van der Waals surface area contributed by atoms with Crippen LogP contribution >= 0.6 is 0 Å². The van der Waals surface area contributed by atoms with Crippen LogP contribution in [0.25, 0.3) is 0 Å². The molecule has 1 atom stereocenters. The molecule has 19 heavy (non-hydrogen) atoms. The van der Waals surface area contributed by atoms with Gasteiger partial charge in [-0.05, 0) is 31.2 Å². The van der Waals surface area contributed by atoms with E-state index in [2.05, 4.69) is 5.32 Å². The molecular formula is C13H19N3O3. The van der Waals surface area contributed by atoms with Crippen molar-refractivity contribution >= 4 is 11.9 Å². The first kappa shape index (κ1) is 15.0. The first-order chi connectivity index (χ1) is 9.02. The van der Waals surface area contributed by atoms with Crippen molar-refractivity contribution < 1.29 is 14.3 Å². The second-order valence-corrected chi connectivity index (χ2v) is 4.04. The number of ether oxygens (including phenoxy) is 1. The lowest BCUT2D eigenvalue weighted by molar-refractivity contribution is -0.126. The Morgan fingerprint density at radius 1 is 1.42 bits per heavy atom.